The molecule has 0 aliphatic carbocycles. The minimum absolute atomic E-state index is 0.108. The number of piperazine rings is 1. The average Bonchev–Trinajstić information content (AvgIpc) is 2.72. The van der Waals surface area contributed by atoms with E-state index in [1.165, 1.54) is 0 Å². The molecule has 1 amide bonds. The summed E-state index contributed by atoms with van der Waals surface area (Å²) in [4.78, 5) is 26.2. The van der Waals surface area contributed by atoms with Gasteiger partial charge in [0.25, 0.3) is 11.6 Å². The number of carbonyl (C=O) groups excluding carboxylic acids is 1. The maximum Gasteiger partial charge on any atom is 0.416 e. The predicted molar refractivity (Wildman–Crippen MR) is 108 cm³/mol. The van der Waals surface area contributed by atoms with E-state index in [1.54, 1.807) is 9.80 Å². The minimum Gasteiger partial charge on any atom is -0.483 e. The average molecular weight is 437 g/mol. The molecule has 3 rings (SSSR count). The highest BCUT2D eigenvalue weighted by Gasteiger charge is 2.34. The van der Waals surface area contributed by atoms with Crippen LogP contribution in [0.2, 0.25) is 0 Å². The molecule has 1 heterocycles. The van der Waals surface area contributed by atoms with E-state index in [4.69, 9.17) is 4.74 Å². The zero-order valence-electron chi connectivity index (χ0n) is 17.1. The number of hydrogen-bond acceptors (Lipinski definition) is 5. The number of rotatable bonds is 5. The van der Waals surface area contributed by atoms with Crippen molar-refractivity contribution in [2.45, 2.75) is 20.0 Å². The normalized spacial score (nSPS) is 14.5. The maximum absolute atomic E-state index is 12.9. The molecule has 0 atom stereocenters. The fraction of sp³-hybridized carbons (Fsp3) is 0.381. The third kappa shape index (κ3) is 5.07. The van der Waals surface area contributed by atoms with E-state index in [-0.39, 0.29) is 44.4 Å². The van der Waals surface area contributed by atoms with Gasteiger partial charge in [-0.2, -0.15) is 13.2 Å². The van der Waals surface area contributed by atoms with Gasteiger partial charge in [0.2, 0.25) is 0 Å². The second-order valence-corrected chi connectivity index (χ2v) is 7.34. The smallest absolute Gasteiger partial charge is 0.416 e. The third-order valence-corrected chi connectivity index (χ3v) is 5.22. The van der Waals surface area contributed by atoms with Gasteiger partial charge in [-0.25, -0.2) is 0 Å². The molecule has 166 valence electrons. The highest BCUT2D eigenvalue weighted by Crippen LogP contribution is 2.36. The second-order valence-electron chi connectivity index (χ2n) is 7.34. The van der Waals surface area contributed by atoms with Gasteiger partial charge < -0.3 is 14.5 Å². The van der Waals surface area contributed by atoms with Crippen LogP contribution in [0.3, 0.4) is 0 Å². The largest absolute Gasteiger partial charge is 0.483 e. The summed E-state index contributed by atoms with van der Waals surface area (Å²) in [6, 6.07) is 8.18. The number of nitrogens with zero attached hydrogens (tertiary/aromatic N) is 3. The van der Waals surface area contributed by atoms with Crippen LogP contribution in [0.25, 0.3) is 0 Å². The number of alkyl halides is 3. The third-order valence-electron chi connectivity index (χ3n) is 5.22. The Morgan fingerprint density at radius 1 is 1.10 bits per heavy atom. The number of halogens is 3. The van der Waals surface area contributed by atoms with E-state index < -0.39 is 22.4 Å². The molecule has 1 fully saturated rings. The molecule has 2 aromatic rings. The lowest BCUT2D eigenvalue weighted by atomic mass is 10.1. The number of nitro benzene ring substituents is 1. The fourth-order valence-electron chi connectivity index (χ4n) is 3.56. The van der Waals surface area contributed by atoms with Gasteiger partial charge in [-0.15, -0.1) is 0 Å². The van der Waals surface area contributed by atoms with Crippen molar-refractivity contribution in [3.63, 3.8) is 0 Å². The number of aryl methyl sites for hydroxylation is 2. The van der Waals surface area contributed by atoms with Crippen LogP contribution in [0.1, 0.15) is 16.7 Å². The molecule has 0 aromatic heterocycles. The summed E-state index contributed by atoms with van der Waals surface area (Å²) >= 11 is 0. The molecule has 1 saturated heterocycles. The number of amides is 1. The molecule has 0 unspecified atom stereocenters. The van der Waals surface area contributed by atoms with Gasteiger partial charge in [-0.3, -0.25) is 14.9 Å². The van der Waals surface area contributed by atoms with Crippen molar-refractivity contribution in [1.29, 1.82) is 0 Å². The molecular formula is C21H22F3N3O4. The highest BCUT2D eigenvalue weighted by molar-refractivity contribution is 5.78. The lowest BCUT2D eigenvalue weighted by Crippen LogP contribution is -2.50. The number of benzene rings is 2. The molecule has 0 saturated carbocycles. The summed E-state index contributed by atoms with van der Waals surface area (Å²) in [6.07, 6.45) is -4.66. The van der Waals surface area contributed by atoms with Gasteiger partial charge in [-0.05, 0) is 37.1 Å². The van der Waals surface area contributed by atoms with E-state index >= 15 is 0 Å². The first-order valence-electron chi connectivity index (χ1n) is 9.65. The van der Waals surface area contributed by atoms with E-state index in [0.29, 0.717) is 11.8 Å². The first-order valence-corrected chi connectivity index (χ1v) is 9.65. The van der Waals surface area contributed by atoms with Crippen LogP contribution in [0.15, 0.2) is 36.4 Å². The van der Waals surface area contributed by atoms with Crippen molar-refractivity contribution < 1.29 is 27.6 Å². The predicted octanol–water partition coefficient (Wildman–Crippen LogP) is 3.96. The maximum atomic E-state index is 12.9. The molecule has 0 N–H and O–H groups in total. The van der Waals surface area contributed by atoms with Crippen molar-refractivity contribution in [3.8, 4) is 5.75 Å². The topological polar surface area (TPSA) is 75.9 Å². The Morgan fingerprint density at radius 2 is 1.71 bits per heavy atom. The lowest BCUT2D eigenvalue weighted by molar-refractivity contribution is -0.384. The van der Waals surface area contributed by atoms with Gasteiger partial charge in [-0.1, -0.05) is 18.2 Å². The summed E-state index contributed by atoms with van der Waals surface area (Å²) < 4.78 is 44.4. The Balaban J connectivity index is 1.64. The van der Waals surface area contributed by atoms with Gasteiger partial charge in [0.1, 0.15) is 11.4 Å². The van der Waals surface area contributed by atoms with Crippen molar-refractivity contribution in [1.82, 2.24) is 4.90 Å². The highest BCUT2D eigenvalue weighted by atomic mass is 19.4. The van der Waals surface area contributed by atoms with Crippen LogP contribution in [-0.4, -0.2) is 48.5 Å². The van der Waals surface area contributed by atoms with Crippen molar-refractivity contribution in [2.24, 2.45) is 0 Å². The van der Waals surface area contributed by atoms with E-state index in [2.05, 4.69) is 0 Å². The molecular weight excluding hydrogens is 415 g/mol. The Hall–Kier alpha value is -3.30. The number of anilines is 1. The molecule has 0 bridgehead atoms. The van der Waals surface area contributed by atoms with Crippen LogP contribution in [0.5, 0.6) is 5.75 Å². The standard InChI is InChI=1S/C21H22F3N3O4/c1-14-4-3-5-15(2)20(14)31-13-19(28)26-10-8-25(9-11-26)17-7-6-16(21(22,23)24)12-18(17)27(29)30/h3-7,12H,8-11,13H2,1-2H3. The molecule has 0 spiro atoms. The zero-order valence-corrected chi connectivity index (χ0v) is 17.1. The Bertz CT molecular complexity index is 966. The van der Waals surface area contributed by atoms with Gasteiger partial charge in [0.05, 0.1) is 10.5 Å². The van der Waals surface area contributed by atoms with Crippen LogP contribution in [-0.2, 0) is 11.0 Å². The van der Waals surface area contributed by atoms with Gasteiger partial charge in [0.15, 0.2) is 6.61 Å². The number of ether oxygens (including phenoxy) is 1. The number of nitro groups is 1. The summed E-state index contributed by atoms with van der Waals surface area (Å²) in [5.41, 5.74) is 0.282. The molecule has 31 heavy (non-hydrogen) atoms. The first kappa shape index (κ1) is 22.4. The van der Waals surface area contributed by atoms with E-state index in [0.717, 1.165) is 23.3 Å². The van der Waals surface area contributed by atoms with E-state index in [1.807, 2.05) is 32.0 Å². The minimum atomic E-state index is -4.66. The lowest BCUT2D eigenvalue weighted by Gasteiger charge is -2.35. The summed E-state index contributed by atoms with van der Waals surface area (Å²) in [5, 5.41) is 11.3. The van der Waals surface area contributed by atoms with Crippen LogP contribution in [0.4, 0.5) is 24.5 Å². The van der Waals surface area contributed by atoms with Gasteiger partial charge in [0, 0.05) is 32.2 Å². The molecule has 0 radical (unpaired) electrons. The zero-order chi connectivity index (χ0) is 22.8. The summed E-state index contributed by atoms with van der Waals surface area (Å²) in [5.74, 6) is 0.444. The Labute approximate surface area is 177 Å². The first-order chi connectivity index (χ1) is 14.6. The van der Waals surface area contributed by atoms with Crippen molar-refractivity contribution >= 4 is 17.3 Å². The quantitative estimate of drug-likeness (QED) is 0.523. The molecule has 7 nitrogen and oxygen atoms in total. The van der Waals surface area contributed by atoms with Crippen LogP contribution >= 0.6 is 0 Å². The van der Waals surface area contributed by atoms with Crippen molar-refractivity contribution in [2.75, 3.05) is 37.7 Å². The monoisotopic (exact) mass is 437 g/mol. The van der Waals surface area contributed by atoms with Gasteiger partial charge >= 0.3 is 6.18 Å². The molecule has 1 aliphatic heterocycles. The molecule has 10 heteroatoms. The summed E-state index contributed by atoms with van der Waals surface area (Å²) in [7, 11) is 0. The van der Waals surface area contributed by atoms with Crippen molar-refractivity contribution in [3.05, 3.63) is 63.2 Å². The number of hydrogen-bond donors (Lipinski definition) is 0. The SMILES string of the molecule is Cc1cccc(C)c1OCC(=O)N1CCN(c2ccc(C(F)(F)F)cc2[N+](=O)[O-])CC1. The molecule has 1 aliphatic rings. The second kappa shape index (κ2) is 8.83. The summed E-state index contributed by atoms with van der Waals surface area (Å²) in [6.45, 7) is 4.75. The Morgan fingerprint density at radius 3 is 2.26 bits per heavy atom. The molecule has 2 aromatic carbocycles. The fourth-order valence-corrected chi connectivity index (χ4v) is 3.56. The van der Waals surface area contributed by atoms with E-state index in [9.17, 15) is 28.1 Å². The van der Waals surface area contributed by atoms with Crippen LogP contribution in [0, 0.1) is 24.0 Å². The van der Waals surface area contributed by atoms with Crippen LogP contribution < -0.4 is 9.64 Å². The number of para-hydroxylation sites is 1. The number of carbonyl (C=O) groups is 1. The Kier molecular flexibility index (Phi) is 6.37.